The summed E-state index contributed by atoms with van der Waals surface area (Å²) in [4.78, 5) is 10.9. The van der Waals surface area contributed by atoms with Gasteiger partial charge in [-0.15, -0.1) is 0 Å². The van der Waals surface area contributed by atoms with Gasteiger partial charge in [-0.05, 0) is 43.4 Å². The Labute approximate surface area is 123 Å². The van der Waals surface area contributed by atoms with E-state index in [1.807, 2.05) is 0 Å². The molecule has 1 aliphatic carbocycles. The largest absolute Gasteiger partial charge is 0.507 e. The first-order valence-corrected chi connectivity index (χ1v) is 8.36. The normalized spacial score (nSPS) is 16.2. The van der Waals surface area contributed by atoms with Crippen LogP contribution in [0, 0.1) is 12.8 Å². The van der Waals surface area contributed by atoms with E-state index in [4.69, 9.17) is 5.11 Å². The average Bonchev–Trinajstić information content (AvgIpc) is 2.88. The van der Waals surface area contributed by atoms with Crippen LogP contribution in [-0.2, 0) is 10.0 Å². The standard InChI is InChI=1S/C14H19NO5S/c1-9-6-12(16)11(14(17)18)7-13(9)21(19,20)15-8-10-4-2-3-5-10/h6-7,10,15-16H,2-5,8H2,1H3,(H,17,18). The minimum atomic E-state index is -3.78. The number of aromatic carboxylic acids is 1. The fraction of sp³-hybridized carbons (Fsp3) is 0.500. The third-order valence-electron chi connectivity index (χ3n) is 3.85. The number of hydrogen-bond acceptors (Lipinski definition) is 4. The molecule has 0 spiro atoms. The zero-order valence-corrected chi connectivity index (χ0v) is 12.6. The molecule has 7 heteroatoms. The van der Waals surface area contributed by atoms with Crippen LogP contribution in [0.1, 0.15) is 41.6 Å². The van der Waals surface area contributed by atoms with Gasteiger partial charge in [-0.1, -0.05) is 12.8 Å². The van der Waals surface area contributed by atoms with Gasteiger partial charge in [0.1, 0.15) is 11.3 Å². The minimum Gasteiger partial charge on any atom is -0.507 e. The summed E-state index contributed by atoms with van der Waals surface area (Å²) in [6.07, 6.45) is 4.26. The third-order valence-corrected chi connectivity index (χ3v) is 5.42. The SMILES string of the molecule is Cc1cc(O)c(C(=O)O)cc1S(=O)(=O)NCC1CCCC1. The average molecular weight is 313 g/mol. The van der Waals surface area contributed by atoms with Crippen molar-refractivity contribution in [2.75, 3.05) is 6.54 Å². The lowest BCUT2D eigenvalue weighted by molar-refractivity contribution is 0.0693. The zero-order valence-electron chi connectivity index (χ0n) is 11.8. The highest BCUT2D eigenvalue weighted by Gasteiger charge is 2.23. The van der Waals surface area contributed by atoms with Crippen molar-refractivity contribution in [2.45, 2.75) is 37.5 Å². The summed E-state index contributed by atoms with van der Waals surface area (Å²) < 4.78 is 27.2. The van der Waals surface area contributed by atoms with Gasteiger partial charge >= 0.3 is 5.97 Å². The molecular formula is C14H19NO5S. The Morgan fingerprint density at radius 2 is 1.95 bits per heavy atom. The van der Waals surface area contributed by atoms with E-state index in [1.165, 1.54) is 6.92 Å². The van der Waals surface area contributed by atoms with Gasteiger partial charge < -0.3 is 10.2 Å². The van der Waals surface area contributed by atoms with Crippen molar-refractivity contribution in [1.82, 2.24) is 4.72 Å². The lowest BCUT2D eigenvalue weighted by atomic mass is 10.1. The second-order valence-electron chi connectivity index (χ2n) is 5.44. The van der Waals surface area contributed by atoms with E-state index < -0.39 is 27.3 Å². The predicted octanol–water partition coefficient (Wildman–Crippen LogP) is 1.87. The Kier molecular flexibility index (Phi) is 4.53. The number of phenols is 1. The van der Waals surface area contributed by atoms with E-state index in [-0.39, 0.29) is 4.90 Å². The Morgan fingerprint density at radius 1 is 1.33 bits per heavy atom. The number of benzene rings is 1. The van der Waals surface area contributed by atoms with Crippen LogP contribution in [0.5, 0.6) is 5.75 Å². The van der Waals surface area contributed by atoms with Crippen molar-refractivity contribution >= 4 is 16.0 Å². The van der Waals surface area contributed by atoms with Gasteiger partial charge in [0.15, 0.2) is 0 Å². The summed E-state index contributed by atoms with van der Waals surface area (Å²) in [5.41, 5.74) is -0.0988. The first-order valence-electron chi connectivity index (χ1n) is 6.88. The van der Waals surface area contributed by atoms with Crippen LogP contribution in [0.25, 0.3) is 0 Å². The summed E-state index contributed by atoms with van der Waals surface area (Å²) in [6, 6.07) is 2.16. The maximum Gasteiger partial charge on any atom is 0.339 e. The second kappa shape index (κ2) is 6.03. The molecule has 1 saturated carbocycles. The van der Waals surface area contributed by atoms with Crippen LogP contribution in [0.15, 0.2) is 17.0 Å². The summed E-state index contributed by atoms with van der Waals surface area (Å²) in [7, 11) is -3.78. The highest BCUT2D eigenvalue weighted by molar-refractivity contribution is 7.89. The van der Waals surface area contributed by atoms with E-state index in [1.54, 1.807) is 0 Å². The Bertz CT molecular complexity index is 648. The molecule has 0 heterocycles. The fourth-order valence-corrected chi connectivity index (χ4v) is 4.02. The second-order valence-corrected chi connectivity index (χ2v) is 7.18. The van der Waals surface area contributed by atoms with Crippen molar-refractivity contribution in [2.24, 2.45) is 5.92 Å². The highest BCUT2D eigenvalue weighted by atomic mass is 32.2. The van der Waals surface area contributed by atoms with Gasteiger partial charge in [0.25, 0.3) is 0 Å². The lowest BCUT2D eigenvalue weighted by Crippen LogP contribution is -2.29. The summed E-state index contributed by atoms with van der Waals surface area (Å²) in [5, 5.41) is 18.5. The number of carboxylic acid groups (broad SMARTS) is 1. The molecule has 1 fully saturated rings. The molecule has 0 aliphatic heterocycles. The van der Waals surface area contributed by atoms with Crippen molar-refractivity contribution in [1.29, 1.82) is 0 Å². The minimum absolute atomic E-state index is 0.101. The number of carbonyl (C=O) groups is 1. The maximum atomic E-state index is 12.3. The van der Waals surface area contributed by atoms with E-state index in [2.05, 4.69) is 4.72 Å². The molecule has 1 aromatic rings. The van der Waals surface area contributed by atoms with Crippen LogP contribution < -0.4 is 4.72 Å². The molecular weight excluding hydrogens is 294 g/mol. The number of carboxylic acids is 1. The van der Waals surface area contributed by atoms with Gasteiger partial charge in [0.05, 0.1) is 4.90 Å². The molecule has 116 valence electrons. The smallest absolute Gasteiger partial charge is 0.339 e. The molecule has 0 aromatic heterocycles. The lowest BCUT2D eigenvalue weighted by Gasteiger charge is -2.14. The molecule has 6 nitrogen and oxygen atoms in total. The molecule has 0 radical (unpaired) electrons. The van der Waals surface area contributed by atoms with Crippen LogP contribution in [0.4, 0.5) is 0 Å². The Morgan fingerprint density at radius 3 is 2.52 bits per heavy atom. The Hall–Kier alpha value is -1.60. The number of sulfonamides is 1. The van der Waals surface area contributed by atoms with Gasteiger partial charge in [-0.25, -0.2) is 17.9 Å². The first kappa shape index (κ1) is 15.8. The molecule has 1 aromatic carbocycles. The molecule has 1 aliphatic rings. The topological polar surface area (TPSA) is 104 Å². The van der Waals surface area contributed by atoms with Crippen LogP contribution in [0.3, 0.4) is 0 Å². The van der Waals surface area contributed by atoms with Crippen LogP contribution in [0.2, 0.25) is 0 Å². The van der Waals surface area contributed by atoms with Crippen molar-refractivity contribution in [3.8, 4) is 5.75 Å². The van der Waals surface area contributed by atoms with E-state index in [0.29, 0.717) is 18.0 Å². The van der Waals surface area contributed by atoms with E-state index in [9.17, 15) is 18.3 Å². The van der Waals surface area contributed by atoms with Gasteiger partial charge in [0.2, 0.25) is 10.0 Å². The predicted molar refractivity (Wildman–Crippen MR) is 76.9 cm³/mol. The van der Waals surface area contributed by atoms with Gasteiger partial charge in [-0.3, -0.25) is 0 Å². The molecule has 0 bridgehead atoms. The van der Waals surface area contributed by atoms with Crippen molar-refractivity contribution in [3.05, 3.63) is 23.3 Å². The fourth-order valence-electron chi connectivity index (χ4n) is 2.65. The van der Waals surface area contributed by atoms with Crippen LogP contribution in [-0.4, -0.2) is 31.1 Å². The molecule has 0 saturated heterocycles. The number of aromatic hydroxyl groups is 1. The highest BCUT2D eigenvalue weighted by Crippen LogP contribution is 2.27. The molecule has 21 heavy (non-hydrogen) atoms. The van der Waals surface area contributed by atoms with E-state index >= 15 is 0 Å². The van der Waals surface area contributed by atoms with Crippen molar-refractivity contribution < 1.29 is 23.4 Å². The summed E-state index contributed by atoms with van der Waals surface area (Å²) in [6.45, 7) is 1.89. The van der Waals surface area contributed by atoms with Crippen LogP contribution >= 0.6 is 0 Å². The quantitative estimate of drug-likeness (QED) is 0.770. The monoisotopic (exact) mass is 313 g/mol. The zero-order chi connectivity index (χ0) is 15.6. The third kappa shape index (κ3) is 3.54. The molecule has 0 amide bonds. The molecule has 3 N–H and O–H groups in total. The molecule has 0 atom stereocenters. The first-order chi connectivity index (χ1) is 9.81. The number of hydrogen-bond donors (Lipinski definition) is 3. The Balaban J connectivity index is 2.26. The molecule has 2 rings (SSSR count). The van der Waals surface area contributed by atoms with Crippen molar-refractivity contribution in [3.63, 3.8) is 0 Å². The number of aryl methyl sites for hydroxylation is 1. The van der Waals surface area contributed by atoms with Gasteiger partial charge in [0, 0.05) is 6.54 Å². The summed E-state index contributed by atoms with van der Waals surface area (Å²) in [5.74, 6) is -1.45. The summed E-state index contributed by atoms with van der Waals surface area (Å²) >= 11 is 0. The number of rotatable bonds is 5. The van der Waals surface area contributed by atoms with E-state index in [0.717, 1.165) is 37.8 Å². The van der Waals surface area contributed by atoms with Gasteiger partial charge in [-0.2, -0.15) is 0 Å². The maximum absolute atomic E-state index is 12.3. The number of nitrogens with one attached hydrogen (secondary N) is 1. The molecule has 0 unspecified atom stereocenters.